The fourth-order valence-electron chi connectivity index (χ4n) is 3.49. The highest BCUT2D eigenvalue weighted by Crippen LogP contribution is 2.31. The zero-order valence-electron chi connectivity index (χ0n) is 18.2. The van der Waals surface area contributed by atoms with Gasteiger partial charge in [-0.25, -0.2) is 27.4 Å². The van der Waals surface area contributed by atoms with Crippen LogP contribution in [0.1, 0.15) is 6.92 Å². The van der Waals surface area contributed by atoms with Crippen molar-refractivity contribution in [2.45, 2.75) is 17.9 Å². The molecule has 2 heterocycles. The number of carbonyl (C=O) groups is 1. The average Bonchev–Trinajstić information content (AvgIpc) is 3.18. The number of benzene rings is 1. The molecule has 1 atom stereocenters. The van der Waals surface area contributed by atoms with Crippen molar-refractivity contribution in [3.63, 3.8) is 0 Å². The quantitative estimate of drug-likeness (QED) is 0.484. The van der Waals surface area contributed by atoms with Crippen LogP contribution in [0.5, 0.6) is 0 Å². The number of hydrogen-bond donors (Lipinski definition) is 2. The van der Waals surface area contributed by atoms with Gasteiger partial charge in [-0.1, -0.05) is 0 Å². The van der Waals surface area contributed by atoms with Gasteiger partial charge in [0, 0.05) is 50.7 Å². The van der Waals surface area contributed by atoms with Crippen molar-refractivity contribution in [1.82, 2.24) is 14.8 Å². The number of nitrogens with zero attached hydrogens (tertiary/aromatic N) is 4. The van der Waals surface area contributed by atoms with Gasteiger partial charge in [0.25, 0.3) is 10.0 Å². The zero-order valence-corrected chi connectivity index (χ0v) is 19.1. The van der Waals surface area contributed by atoms with Gasteiger partial charge in [-0.15, -0.1) is 4.41 Å². The SMILES string of the molecule is CCN(CCN(NC)S(=O)(=O)c1ccncc1)c1c(F)cc(N2C[C@H](CN)OC2=O)cc1F. The first-order valence-corrected chi connectivity index (χ1v) is 11.7. The predicted octanol–water partition coefficient (Wildman–Crippen LogP) is 1.30. The minimum Gasteiger partial charge on any atom is -0.443 e. The summed E-state index contributed by atoms with van der Waals surface area (Å²) in [5.74, 6) is -1.77. The van der Waals surface area contributed by atoms with Gasteiger partial charge < -0.3 is 15.4 Å². The molecule has 1 aromatic carbocycles. The van der Waals surface area contributed by atoms with Crippen LogP contribution < -0.4 is 21.0 Å². The molecule has 33 heavy (non-hydrogen) atoms. The number of nitrogens with one attached hydrogen (secondary N) is 1. The molecule has 180 valence electrons. The van der Waals surface area contributed by atoms with Crippen LogP contribution >= 0.6 is 0 Å². The Kier molecular flexibility index (Phi) is 7.79. The zero-order chi connectivity index (χ0) is 24.2. The second-order valence-corrected chi connectivity index (χ2v) is 9.04. The van der Waals surface area contributed by atoms with Gasteiger partial charge in [-0.2, -0.15) is 0 Å². The molecule has 1 saturated heterocycles. The number of amides is 1. The monoisotopic (exact) mass is 484 g/mol. The molecule has 13 heteroatoms. The van der Waals surface area contributed by atoms with Crippen LogP contribution in [0.15, 0.2) is 41.6 Å². The number of rotatable bonds is 10. The average molecular weight is 485 g/mol. The van der Waals surface area contributed by atoms with Crippen molar-refractivity contribution in [1.29, 1.82) is 0 Å². The molecule has 0 bridgehead atoms. The van der Waals surface area contributed by atoms with Crippen molar-refractivity contribution in [3.8, 4) is 0 Å². The van der Waals surface area contributed by atoms with Crippen LogP contribution in [0.2, 0.25) is 0 Å². The lowest BCUT2D eigenvalue weighted by Crippen LogP contribution is -2.45. The fourth-order valence-corrected chi connectivity index (χ4v) is 4.78. The van der Waals surface area contributed by atoms with Crippen LogP contribution in [0, 0.1) is 11.6 Å². The Morgan fingerprint density at radius 1 is 1.24 bits per heavy atom. The van der Waals surface area contributed by atoms with Crippen LogP contribution in [0.3, 0.4) is 0 Å². The molecule has 0 aliphatic carbocycles. The summed E-state index contributed by atoms with van der Waals surface area (Å²) >= 11 is 0. The van der Waals surface area contributed by atoms with E-state index in [0.29, 0.717) is 0 Å². The Labute approximate surface area is 190 Å². The van der Waals surface area contributed by atoms with Crippen molar-refractivity contribution in [3.05, 3.63) is 48.3 Å². The Balaban J connectivity index is 1.79. The number of ether oxygens (including phenoxy) is 1. The number of carbonyl (C=O) groups excluding carboxylic acids is 1. The van der Waals surface area contributed by atoms with Gasteiger partial charge in [0.05, 0.1) is 17.1 Å². The molecule has 3 N–H and O–H groups in total. The smallest absolute Gasteiger partial charge is 0.414 e. The molecule has 2 aromatic rings. The number of halogens is 2. The summed E-state index contributed by atoms with van der Waals surface area (Å²) in [6, 6.07) is 4.80. The summed E-state index contributed by atoms with van der Waals surface area (Å²) in [5, 5.41) is 0. The van der Waals surface area contributed by atoms with E-state index in [1.54, 1.807) is 6.92 Å². The Hall–Kier alpha value is -2.87. The van der Waals surface area contributed by atoms with Gasteiger partial charge in [-0.05, 0) is 26.1 Å². The summed E-state index contributed by atoms with van der Waals surface area (Å²) in [4.78, 5) is 18.3. The van der Waals surface area contributed by atoms with E-state index in [-0.39, 0.29) is 49.0 Å². The predicted molar refractivity (Wildman–Crippen MR) is 118 cm³/mol. The molecule has 1 aromatic heterocycles. The molecule has 1 fully saturated rings. The Morgan fingerprint density at radius 3 is 2.39 bits per heavy atom. The first-order valence-electron chi connectivity index (χ1n) is 10.2. The van der Waals surface area contributed by atoms with E-state index in [0.717, 1.165) is 21.4 Å². The molecular weight excluding hydrogens is 458 g/mol. The van der Waals surface area contributed by atoms with Gasteiger partial charge in [0.2, 0.25) is 0 Å². The van der Waals surface area contributed by atoms with Crippen LogP contribution in [0.4, 0.5) is 25.0 Å². The molecule has 1 aliphatic heterocycles. The second-order valence-electron chi connectivity index (χ2n) is 7.17. The minimum atomic E-state index is -3.89. The number of nitrogens with two attached hydrogens (primary N) is 1. The third-order valence-corrected chi connectivity index (χ3v) is 7.02. The summed E-state index contributed by atoms with van der Waals surface area (Å²) in [7, 11) is -2.45. The van der Waals surface area contributed by atoms with Crippen LogP contribution in [0.25, 0.3) is 0 Å². The largest absolute Gasteiger partial charge is 0.443 e. The maximum Gasteiger partial charge on any atom is 0.414 e. The van der Waals surface area contributed by atoms with E-state index >= 15 is 0 Å². The first kappa shape index (κ1) is 24.8. The lowest BCUT2D eigenvalue weighted by molar-refractivity contribution is 0.145. The number of likely N-dealkylation sites (N-methyl/N-ethyl adjacent to an activating group) is 1. The first-order chi connectivity index (χ1) is 15.7. The number of sulfonamides is 1. The number of hydrogen-bond acceptors (Lipinski definition) is 8. The highest BCUT2D eigenvalue weighted by Gasteiger charge is 2.33. The molecule has 0 unspecified atom stereocenters. The highest BCUT2D eigenvalue weighted by molar-refractivity contribution is 7.89. The molecule has 1 aliphatic rings. The van der Waals surface area contributed by atoms with E-state index in [9.17, 15) is 22.0 Å². The summed E-state index contributed by atoms with van der Waals surface area (Å²) < 4.78 is 61.6. The molecule has 0 spiro atoms. The number of aromatic nitrogens is 1. The van der Waals surface area contributed by atoms with Gasteiger partial charge in [0.1, 0.15) is 11.8 Å². The standard InChI is InChI=1S/C20H26F2N6O4S/c1-3-26(8-9-28(24-2)33(30,31)16-4-6-25-7-5-16)19-17(21)10-14(11-18(19)22)27-13-15(12-23)32-20(27)29/h4-7,10-11,15,24H,3,8-9,12-13,23H2,1-2H3/t15-/m0/s1. The molecule has 0 radical (unpaired) electrons. The number of hydrazine groups is 1. The lowest BCUT2D eigenvalue weighted by atomic mass is 10.2. The summed E-state index contributed by atoms with van der Waals surface area (Å²) in [6.07, 6.45) is 1.44. The van der Waals surface area contributed by atoms with Gasteiger partial charge in [0.15, 0.2) is 11.6 Å². The van der Waals surface area contributed by atoms with E-state index in [1.807, 2.05) is 0 Å². The van der Waals surface area contributed by atoms with Crippen molar-refractivity contribution < 1.29 is 26.7 Å². The van der Waals surface area contributed by atoms with E-state index < -0.39 is 33.9 Å². The third-order valence-electron chi connectivity index (χ3n) is 5.21. The Morgan fingerprint density at radius 2 is 1.88 bits per heavy atom. The van der Waals surface area contributed by atoms with Crippen LogP contribution in [-0.2, 0) is 14.8 Å². The minimum absolute atomic E-state index is 0.00412. The van der Waals surface area contributed by atoms with Gasteiger partial charge in [-0.3, -0.25) is 9.88 Å². The number of anilines is 2. The summed E-state index contributed by atoms with van der Waals surface area (Å²) in [6.45, 7) is 2.00. The highest BCUT2D eigenvalue weighted by atomic mass is 32.2. The second kappa shape index (κ2) is 10.4. The number of cyclic esters (lactones) is 1. The Bertz CT molecular complexity index is 1070. The van der Waals surface area contributed by atoms with Crippen molar-refractivity contribution >= 4 is 27.5 Å². The normalized spacial score (nSPS) is 16.4. The molecule has 1 amide bonds. The molecular formula is C20H26F2N6O4S. The van der Waals surface area contributed by atoms with Crippen molar-refractivity contribution in [2.75, 3.05) is 49.6 Å². The van der Waals surface area contributed by atoms with E-state index in [4.69, 9.17) is 10.5 Å². The van der Waals surface area contributed by atoms with E-state index in [2.05, 4.69) is 10.4 Å². The fraction of sp³-hybridized carbons (Fsp3) is 0.400. The van der Waals surface area contributed by atoms with Crippen molar-refractivity contribution in [2.24, 2.45) is 5.73 Å². The topological polar surface area (TPSA) is 121 Å². The molecule has 10 nitrogen and oxygen atoms in total. The lowest BCUT2D eigenvalue weighted by Gasteiger charge is -2.28. The molecule has 3 rings (SSSR count). The maximum absolute atomic E-state index is 15.0. The third kappa shape index (κ3) is 5.21. The van der Waals surface area contributed by atoms with E-state index in [1.165, 1.54) is 36.5 Å². The van der Waals surface area contributed by atoms with Crippen LogP contribution in [-0.4, -0.2) is 69.8 Å². The molecule has 0 saturated carbocycles. The number of pyridine rings is 1. The summed E-state index contributed by atoms with van der Waals surface area (Å²) in [5.41, 5.74) is 7.80. The maximum atomic E-state index is 15.0. The van der Waals surface area contributed by atoms with Gasteiger partial charge >= 0.3 is 6.09 Å².